The third kappa shape index (κ3) is 2.49. The molecule has 0 atom stereocenters. The lowest BCUT2D eigenvalue weighted by molar-refractivity contribution is -0.129. The summed E-state index contributed by atoms with van der Waals surface area (Å²) in [5, 5.41) is 28.7. The van der Waals surface area contributed by atoms with Gasteiger partial charge in [-0.2, -0.15) is 0 Å². The van der Waals surface area contributed by atoms with Crippen molar-refractivity contribution in [3.63, 3.8) is 0 Å². The topological polar surface area (TPSA) is 99.4 Å². The monoisotopic (exact) mass is 297 g/mol. The highest BCUT2D eigenvalue weighted by atomic mass is 16.6. The average Bonchev–Trinajstić information content (AvgIpc) is 2.85. The van der Waals surface area contributed by atoms with Crippen molar-refractivity contribution in [1.82, 2.24) is 0 Å². The van der Waals surface area contributed by atoms with Crippen molar-refractivity contribution < 1.29 is 24.9 Å². The summed E-state index contributed by atoms with van der Waals surface area (Å²) in [7, 11) is 0. The van der Waals surface area contributed by atoms with Crippen LogP contribution in [-0.2, 0) is 9.53 Å². The number of carbonyl (C=O) groups excluding carboxylic acids is 1. The maximum Gasteiger partial charge on any atom is 0.363 e. The fourth-order valence-corrected chi connectivity index (χ4v) is 2.01. The molecule has 0 aliphatic carbocycles. The number of ether oxygens (including phenoxy) is 1. The van der Waals surface area contributed by atoms with E-state index >= 15 is 0 Å². The molecule has 3 rings (SSSR count). The molecule has 1 aliphatic heterocycles. The minimum Gasteiger partial charge on any atom is -0.508 e. The molecule has 1 heterocycles. The van der Waals surface area contributed by atoms with E-state index < -0.39 is 5.97 Å². The van der Waals surface area contributed by atoms with Crippen molar-refractivity contribution in [2.75, 3.05) is 0 Å². The number of nitrogens with zero attached hydrogens (tertiary/aromatic N) is 1. The Bertz CT molecular complexity index is 786. The third-order valence-electron chi connectivity index (χ3n) is 3.04. The Morgan fingerprint density at radius 2 is 1.64 bits per heavy atom. The summed E-state index contributed by atoms with van der Waals surface area (Å²) in [6.07, 6.45) is 1.20. The largest absolute Gasteiger partial charge is 0.508 e. The van der Waals surface area contributed by atoms with Crippen LogP contribution in [0.25, 0.3) is 6.08 Å². The first-order valence-electron chi connectivity index (χ1n) is 6.37. The summed E-state index contributed by atoms with van der Waals surface area (Å²) in [6, 6.07) is 11.0. The van der Waals surface area contributed by atoms with Gasteiger partial charge in [-0.1, -0.05) is 18.2 Å². The molecule has 0 spiro atoms. The van der Waals surface area contributed by atoms with Gasteiger partial charge in [0.2, 0.25) is 5.90 Å². The Kier molecular flexibility index (Phi) is 3.27. The van der Waals surface area contributed by atoms with E-state index in [0.29, 0.717) is 5.56 Å². The quantitative estimate of drug-likeness (QED) is 0.582. The fourth-order valence-electron chi connectivity index (χ4n) is 2.01. The van der Waals surface area contributed by atoms with Gasteiger partial charge in [0, 0.05) is 17.7 Å². The van der Waals surface area contributed by atoms with Gasteiger partial charge in [0.25, 0.3) is 0 Å². The van der Waals surface area contributed by atoms with Gasteiger partial charge in [0.1, 0.15) is 17.2 Å². The van der Waals surface area contributed by atoms with Crippen molar-refractivity contribution in [1.29, 1.82) is 0 Å². The van der Waals surface area contributed by atoms with Crippen molar-refractivity contribution in [3.8, 4) is 17.2 Å². The standard InChI is InChI=1S/C16H11NO5/c18-10-6-13(19)11(14(20)7-10)8-12-16(21)22-15(17-12)9-4-2-1-3-5-9/h1-8,18-20H. The molecule has 6 nitrogen and oxygen atoms in total. The Labute approximate surface area is 125 Å². The third-order valence-corrected chi connectivity index (χ3v) is 3.04. The maximum atomic E-state index is 11.8. The van der Waals surface area contributed by atoms with Crippen molar-refractivity contribution in [2.45, 2.75) is 0 Å². The lowest BCUT2D eigenvalue weighted by Gasteiger charge is -2.03. The molecule has 0 saturated heterocycles. The summed E-state index contributed by atoms with van der Waals surface area (Å²) in [6.45, 7) is 0. The molecule has 0 amide bonds. The molecule has 0 bridgehead atoms. The molecule has 0 saturated carbocycles. The van der Waals surface area contributed by atoms with Crippen LogP contribution in [0, 0.1) is 0 Å². The number of carbonyl (C=O) groups is 1. The number of aliphatic imine (C=N–C) groups is 1. The zero-order chi connectivity index (χ0) is 15.7. The van der Waals surface area contributed by atoms with E-state index in [-0.39, 0.29) is 34.4 Å². The minimum atomic E-state index is -0.689. The number of cyclic esters (lactones) is 1. The van der Waals surface area contributed by atoms with E-state index in [1.165, 1.54) is 6.08 Å². The molecule has 0 aromatic heterocycles. The van der Waals surface area contributed by atoms with E-state index in [1.54, 1.807) is 24.3 Å². The predicted octanol–water partition coefficient (Wildman–Crippen LogP) is 2.15. The number of hydrogen-bond acceptors (Lipinski definition) is 6. The molecule has 1 aliphatic rings. The molecule has 22 heavy (non-hydrogen) atoms. The van der Waals surface area contributed by atoms with E-state index in [2.05, 4.69) is 4.99 Å². The van der Waals surface area contributed by atoms with Gasteiger partial charge in [0.05, 0.1) is 5.56 Å². The number of aromatic hydroxyl groups is 3. The smallest absolute Gasteiger partial charge is 0.363 e. The zero-order valence-electron chi connectivity index (χ0n) is 11.2. The molecule has 3 N–H and O–H groups in total. The Balaban J connectivity index is 2.02. The van der Waals surface area contributed by atoms with Gasteiger partial charge in [-0.3, -0.25) is 0 Å². The Hall–Kier alpha value is -3.28. The number of hydrogen-bond donors (Lipinski definition) is 3. The lowest BCUT2D eigenvalue weighted by atomic mass is 10.1. The van der Waals surface area contributed by atoms with Crippen molar-refractivity contribution in [2.24, 2.45) is 4.99 Å². The Morgan fingerprint density at radius 3 is 2.27 bits per heavy atom. The highest BCUT2D eigenvalue weighted by Crippen LogP contribution is 2.34. The molecule has 0 radical (unpaired) electrons. The number of rotatable bonds is 2. The van der Waals surface area contributed by atoms with E-state index in [0.717, 1.165) is 12.1 Å². The second-order valence-electron chi connectivity index (χ2n) is 4.60. The first-order chi connectivity index (χ1) is 10.5. The van der Waals surface area contributed by atoms with Crippen LogP contribution < -0.4 is 0 Å². The molecule has 110 valence electrons. The van der Waals surface area contributed by atoms with Crippen LogP contribution >= 0.6 is 0 Å². The van der Waals surface area contributed by atoms with Crippen molar-refractivity contribution >= 4 is 17.9 Å². The molecular formula is C16H11NO5. The van der Waals surface area contributed by atoms with E-state index in [4.69, 9.17) is 4.74 Å². The van der Waals surface area contributed by atoms with Crippen molar-refractivity contribution in [3.05, 3.63) is 59.3 Å². The lowest BCUT2D eigenvalue weighted by Crippen LogP contribution is -2.04. The first kappa shape index (κ1) is 13.7. The fraction of sp³-hybridized carbons (Fsp3) is 0. The van der Waals surface area contributed by atoms with Gasteiger partial charge in [-0.05, 0) is 18.2 Å². The van der Waals surface area contributed by atoms with Crippen LogP contribution in [0.4, 0.5) is 0 Å². The average molecular weight is 297 g/mol. The number of phenols is 3. The zero-order valence-corrected chi connectivity index (χ0v) is 11.2. The second kappa shape index (κ2) is 5.25. The molecule has 0 fully saturated rings. The van der Waals surface area contributed by atoms with Gasteiger partial charge < -0.3 is 20.1 Å². The number of phenolic OH excluding ortho intramolecular Hbond substituents is 3. The summed E-state index contributed by atoms with van der Waals surface area (Å²) in [5.41, 5.74) is 0.552. The molecule has 6 heteroatoms. The molecule has 0 unspecified atom stereocenters. The molecule has 2 aromatic rings. The summed E-state index contributed by atoms with van der Waals surface area (Å²) in [5.74, 6) is -1.58. The summed E-state index contributed by atoms with van der Waals surface area (Å²) < 4.78 is 5.07. The SMILES string of the molecule is O=C1OC(c2ccccc2)=NC1=Cc1c(O)cc(O)cc1O. The van der Waals surface area contributed by atoms with E-state index in [1.807, 2.05) is 6.07 Å². The Morgan fingerprint density at radius 1 is 1.00 bits per heavy atom. The summed E-state index contributed by atoms with van der Waals surface area (Å²) >= 11 is 0. The normalized spacial score (nSPS) is 15.7. The van der Waals surface area contributed by atoms with Crippen LogP contribution in [0.1, 0.15) is 11.1 Å². The van der Waals surface area contributed by atoms with Crippen LogP contribution in [-0.4, -0.2) is 27.2 Å². The van der Waals surface area contributed by atoms with Crippen LogP contribution in [0.5, 0.6) is 17.2 Å². The van der Waals surface area contributed by atoms with Crippen LogP contribution in [0.2, 0.25) is 0 Å². The number of benzene rings is 2. The highest BCUT2D eigenvalue weighted by Gasteiger charge is 2.25. The molecule has 2 aromatic carbocycles. The van der Waals surface area contributed by atoms with Gasteiger partial charge in [-0.15, -0.1) is 0 Å². The van der Waals surface area contributed by atoms with Gasteiger partial charge >= 0.3 is 5.97 Å². The predicted molar refractivity (Wildman–Crippen MR) is 78.5 cm³/mol. The molecular weight excluding hydrogens is 286 g/mol. The van der Waals surface area contributed by atoms with Crippen LogP contribution in [0.15, 0.2) is 53.2 Å². The summed E-state index contributed by atoms with van der Waals surface area (Å²) in [4.78, 5) is 15.9. The maximum absolute atomic E-state index is 11.8. The second-order valence-corrected chi connectivity index (χ2v) is 4.60. The first-order valence-corrected chi connectivity index (χ1v) is 6.37. The number of esters is 1. The van der Waals surface area contributed by atoms with Crippen LogP contribution in [0.3, 0.4) is 0 Å². The minimum absolute atomic E-state index is 0.0252. The van der Waals surface area contributed by atoms with Gasteiger partial charge in [0.15, 0.2) is 5.70 Å². The van der Waals surface area contributed by atoms with E-state index in [9.17, 15) is 20.1 Å². The highest BCUT2D eigenvalue weighted by molar-refractivity contribution is 6.13. The van der Waals surface area contributed by atoms with Gasteiger partial charge in [-0.25, -0.2) is 9.79 Å².